The van der Waals surface area contributed by atoms with Crippen molar-refractivity contribution in [3.05, 3.63) is 205 Å². The Bertz CT molecular complexity index is 3620. The van der Waals surface area contributed by atoms with E-state index in [1.165, 1.54) is 44.1 Å². The molecule has 0 aliphatic heterocycles. The first kappa shape index (κ1) is 34.9. The topological polar surface area (TPSA) is 59.4 Å². The molecule has 0 amide bonds. The number of benzene rings is 8. The summed E-state index contributed by atoms with van der Waals surface area (Å²) in [6.07, 6.45) is 0. The zero-order valence-corrected chi connectivity index (χ0v) is 33.6. The highest BCUT2D eigenvalue weighted by Gasteiger charge is 2.36. The molecular formula is C56H37N5. The first-order valence-corrected chi connectivity index (χ1v) is 20.7. The maximum absolute atomic E-state index is 9.72. The molecule has 1 aliphatic rings. The third-order valence-corrected chi connectivity index (χ3v) is 12.8. The van der Waals surface area contributed by atoms with E-state index in [9.17, 15) is 5.26 Å². The van der Waals surface area contributed by atoms with Crippen molar-refractivity contribution < 1.29 is 0 Å². The minimum absolute atomic E-state index is 0.283. The van der Waals surface area contributed by atoms with E-state index >= 15 is 0 Å². The van der Waals surface area contributed by atoms with Crippen molar-refractivity contribution in [2.75, 3.05) is 0 Å². The van der Waals surface area contributed by atoms with Crippen LogP contribution in [-0.4, -0.2) is 19.1 Å². The average molecular weight is 780 g/mol. The van der Waals surface area contributed by atoms with E-state index in [1.54, 1.807) is 0 Å². The Balaban J connectivity index is 1.05. The van der Waals surface area contributed by atoms with Crippen LogP contribution >= 0.6 is 0 Å². The zero-order chi connectivity index (χ0) is 40.8. The van der Waals surface area contributed by atoms with Gasteiger partial charge in [0.15, 0.2) is 0 Å². The van der Waals surface area contributed by atoms with Crippen molar-refractivity contribution in [2.24, 2.45) is 0 Å². The summed E-state index contributed by atoms with van der Waals surface area (Å²) >= 11 is 0. The molecule has 0 spiro atoms. The molecule has 1 aliphatic carbocycles. The normalized spacial score (nSPS) is 12.9. The number of fused-ring (bicyclic) bond motifs is 9. The summed E-state index contributed by atoms with van der Waals surface area (Å²) in [5, 5.41) is 14.5. The van der Waals surface area contributed by atoms with Crippen molar-refractivity contribution in [3.8, 4) is 62.5 Å². The Morgan fingerprint density at radius 3 is 1.74 bits per heavy atom. The third-order valence-electron chi connectivity index (χ3n) is 12.8. The van der Waals surface area contributed by atoms with Crippen LogP contribution in [0.2, 0.25) is 0 Å². The van der Waals surface area contributed by atoms with Crippen LogP contribution in [0.15, 0.2) is 188 Å². The second-order valence-corrected chi connectivity index (χ2v) is 16.6. The van der Waals surface area contributed by atoms with Gasteiger partial charge in [-0.1, -0.05) is 135 Å². The van der Waals surface area contributed by atoms with Gasteiger partial charge in [-0.05, 0) is 100 Å². The van der Waals surface area contributed by atoms with Gasteiger partial charge in [-0.3, -0.25) is 4.57 Å². The molecule has 0 radical (unpaired) electrons. The predicted molar refractivity (Wildman–Crippen MR) is 249 cm³/mol. The van der Waals surface area contributed by atoms with Crippen LogP contribution in [0.3, 0.4) is 0 Å². The van der Waals surface area contributed by atoms with Crippen LogP contribution in [0.5, 0.6) is 0 Å². The summed E-state index contributed by atoms with van der Waals surface area (Å²) < 4.78 is 4.59. The fraction of sp³-hybridized carbons (Fsp3) is 0.0536. The van der Waals surface area contributed by atoms with Crippen LogP contribution < -0.4 is 0 Å². The fourth-order valence-corrected chi connectivity index (χ4v) is 9.78. The highest BCUT2D eigenvalue weighted by molar-refractivity contribution is 6.12. The molecule has 0 saturated carbocycles. The maximum Gasteiger partial charge on any atom is 0.235 e. The lowest BCUT2D eigenvalue weighted by Crippen LogP contribution is -2.15. The Kier molecular flexibility index (Phi) is 7.57. The molecule has 3 heterocycles. The van der Waals surface area contributed by atoms with Crippen LogP contribution in [0.25, 0.3) is 100 Å². The number of nitriles is 1. The van der Waals surface area contributed by atoms with Gasteiger partial charge in [0.2, 0.25) is 5.95 Å². The predicted octanol–water partition coefficient (Wildman–Crippen LogP) is 13.8. The summed E-state index contributed by atoms with van der Waals surface area (Å²) in [4.78, 5) is 10.8. The van der Waals surface area contributed by atoms with Gasteiger partial charge in [-0.15, -0.1) is 0 Å². The van der Waals surface area contributed by atoms with Crippen molar-refractivity contribution in [3.63, 3.8) is 0 Å². The minimum Gasteiger partial charge on any atom is -0.309 e. The molecule has 0 bridgehead atoms. The lowest BCUT2D eigenvalue weighted by atomic mass is 9.81. The number of hydrogen-bond acceptors (Lipinski definition) is 3. The molecule has 11 aromatic rings. The number of nitrogens with zero attached hydrogens (tertiary/aromatic N) is 5. The third kappa shape index (κ3) is 5.32. The number of para-hydroxylation sites is 3. The standard InChI is InChI=1S/C56H37N5/c1-56(2)47-29-35(34-57)21-25-41(47)42-26-23-39(31-48(42)56)50-33-49(36-13-5-3-6-14-36)58-55(59-50)61-52-20-12-9-17-43(52)45-27-22-38(32-54(45)61)37-24-28-53-46(30-37)44-18-10-11-19-51(44)60(53)40-15-7-4-8-16-40/h3-33H,1-2H3. The van der Waals surface area contributed by atoms with Crippen molar-refractivity contribution >= 4 is 43.6 Å². The van der Waals surface area contributed by atoms with Gasteiger partial charge < -0.3 is 4.57 Å². The number of rotatable bonds is 5. The van der Waals surface area contributed by atoms with Gasteiger partial charge in [0, 0.05) is 43.8 Å². The molecule has 8 aromatic carbocycles. The first-order valence-electron chi connectivity index (χ1n) is 20.7. The summed E-state index contributed by atoms with van der Waals surface area (Å²) in [6, 6.07) is 69.0. The van der Waals surface area contributed by atoms with Gasteiger partial charge >= 0.3 is 0 Å². The van der Waals surface area contributed by atoms with E-state index in [0.717, 1.165) is 61.1 Å². The summed E-state index contributed by atoms with van der Waals surface area (Å²) in [5.41, 5.74) is 16.8. The Labute approximate surface area is 353 Å². The molecular weight excluding hydrogens is 743 g/mol. The van der Waals surface area contributed by atoms with Gasteiger partial charge in [0.25, 0.3) is 0 Å². The molecule has 5 heteroatoms. The van der Waals surface area contributed by atoms with Gasteiger partial charge in [-0.2, -0.15) is 5.26 Å². The Hall–Kier alpha value is -8.07. The fourth-order valence-electron chi connectivity index (χ4n) is 9.78. The Morgan fingerprint density at radius 2 is 0.984 bits per heavy atom. The lowest BCUT2D eigenvalue weighted by molar-refractivity contribution is 0.660. The molecule has 61 heavy (non-hydrogen) atoms. The molecule has 5 nitrogen and oxygen atoms in total. The zero-order valence-electron chi connectivity index (χ0n) is 33.6. The second kappa shape index (κ2) is 13.2. The quantitative estimate of drug-likeness (QED) is 0.175. The van der Waals surface area contributed by atoms with Gasteiger partial charge in [-0.25, -0.2) is 9.97 Å². The monoisotopic (exact) mass is 779 g/mol. The van der Waals surface area contributed by atoms with Crippen LogP contribution in [-0.2, 0) is 5.41 Å². The molecule has 12 rings (SSSR count). The largest absolute Gasteiger partial charge is 0.309 e. The SMILES string of the molecule is CC1(C)c2cc(C#N)ccc2-c2ccc(-c3cc(-c4ccccc4)nc(-n4c5ccccc5c5ccc(-c6ccc7c(c6)c6ccccc6n7-c6ccccc6)cc54)n3)cc21. The minimum atomic E-state index is -0.283. The smallest absolute Gasteiger partial charge is 0.235 e. The number of aromatic nitrogens is 4. The van der Waals surface area contributed by atoms with E-state index in [1.807, 2.05) is 18.2 Å². The number of hydrogen-bond donors (Lipinski definition) is 0. The van der Waals surface area contributed by atoms with Gasteiger partial charge in [0.1, 0.15) is 0 Å². The maximum atomic E-state index is 9.72. The molecule has 0 fully saturated rings. The average Bonchev–Trinajstić information content (AvgIpc) is 3.91. The highest BCUT2D eigenvalue weighted by Crippen LogP contribution is 2.50. The van der Waals surface area contributed by atoms with E-state index in [2.05, 4.69) is 199 Å². The lowest BCUT2D eigenvalue weighted by Gasteiger charge is -2.22. The molecule has 0 unspecified atom stereocenters. The molecule has 3 aromatic heterocycles. The summed E-state index contributed by atoms with van der Waals surface area (Å²) in [5.74, 6) is 0.614. The van der Waals surface area contributed by atoms with E-state index in [-0.39, 0.29) is 5.41 Å². The van der Waals surface area contributed by atoms with E-state index in [4.69, 9.17) is 9.97 Å². The van der Waals surface area contributed by atoms with Crippen LogP contribution in [0.4, 0.5) is 0 Å². The first-order chi connectivity index (χ1) is 29.9. The van der Waals surface area contributed by atoms with Crippen molar-refractivity contribution in [2.45, 2.75) is 19.3 Å². The van der Waals surface area contributed by atoms with Crippen molar-refractivity contribution in [1.29, 1.82) is 5.26 Å². The highest BCUT2D eigenvalue weighted by atomic mass is 15.2. The molecule has 0 N–H and O–H groups in total. The Morgan fingerprint density at radius 1 is 0.426 bits per heavy atom. The molecule has 0 saturated heterocycles. The van der Waals surface area contributed by atoms with E-state index in [0.29, 0.717) is 11.5 Å². The van der Waals surface area contributed by atoms with Crippen LogP contribution in [0.1, 0.15) is 30.5 Å². The van der Waals surface area contributed by atoms with Crippen molar-refractivity contribution in [1.82, 2.24) is 19.1 Å². The second-order valence-electron chi connectivity index (χ2n) is 16.6. The summed E-state index contributed by atoms with van der Waals surface area (Å²) in [7, 11) is 0. The molecule has 286 valence electrons. The van der Waals surface area contributed by atoms with Gasteiger partial charge in [0.05, 0.1) is 45.1 Å². The molecule has 0 atom stereocenters. The summed E-state index contributed by atoms with van der Waals surface area (Å²) in [6.45, 7) is 4.50. The van der Waals surface area contributed by atoms with E-state index < -0.39 is 0 Å². The van der Waals surface area contributed by atoms with Crippen LogP contribution in [0, 0.1) is 11.3 Å².